The number of nitrogens with one attached hydrogen (secondary N) is 1. The number of ether oxygens (including phenoxy) is 2. The highest BCUT2D eigenvalue weighted by atomic mass is 16.7. The summed E-state index contributed by atoms with van der Waals surface area (Å²) in [6.07, 6.45) is 4.56. The molecule has 2 saturated heterocycles. The number of benzene rings is 1. The lowest BCUT2D eigenvalue weighted by Crippen LogP contribution is -2.55. The lowest BCUT2D eigenvalue weighted by molar-refractivity contribution is -0.356. The topological polar surface area (TPSA) is 152 Å². The Morgan fingerprint density at radius 3 is 2.19 bits per heavy atom. The third-order valence-electron chi connectivity index (χ3n) is 12.3. The SMILES string of the molecule is CC.CC1=CC2CC[C@@H](O)[C@H](C)C2[C@@H](CC2=C(O)C(O)NC2O)[C@@H]1CC1O[C@@]2(CC[C@H](C)[C@@H](c3cc(O)cc(O)c3)O2)[C@@H](C)C[C@@H]1C. The number of phenols is 2. The van der Waals surface area contributed by atoms with Crippen LogP contribution in [0.15, 0.2) is 41.2 Å². The van der Waals surface area contributed by atoms with Crippen LogP contribution in [0.2, 0.25) is 0 Å². The van der Waals surface area contributed by atoms with Crippen LogP contribution in [0.25, 0.3) is 0 Å². The number of allylic oxidation sites excluding steroid dienone is 2. The first-order valence-corrected chi connectivity index (χ1v) is 18.1. The highest BCUT2D eigenvalue weighted by Crippen LogP contribution is 2.55. The number of hydrogen-bond donors (Lipinski definition) is 7. The third kappa shape index (κ3) is 6.99. The molecule has 5 aliphatic rings. The van der Waals surface area contributed by atoms with Crippen LogP contribution < -0.4 is 5.32 Å². The van der Waals surface area contributed by atoms with E-state index in [0.29, 0.717) is 17.9 Å². The molecule has 264 valence electrons. The number of aliphatic hydroxyl groups excluding tert-OH is 4. The maximum atomic E-state index is 11.0. The molecule has 7 N–H and O–H groups in total. The summed E-state index contributed by atoms with van der Waals surface area (Å²) in [4.78, 5) is 0. The molecule has 0 amide bonds. The zero-order chi connectivity index (χ0) is 34.4. The molecule has 3 aliphatic heterocycles. The zero-order valence-electron chi connectivity index (χ0n) is 29.3. The summed E-state index contributed by atoms with van der Waals surface area (Å²) in [7, 11) is 0. The fraction of sp³-hybridized carbons (Fsp3) is 0.737. The number of aromatic hydroxyl groups is 2. The van der Waals surface area contributed by atoms with Crippen molar-refractivity contribution >= 4 is 0 Å². The Hall–Kier alpha value is -2.14. The Kier molecular flexibility index (Phi) is 11.1. The van der Waals surface area contributed by atoms with Crippen molar-refractivity contribution in [2.45, 2.75) is 130 Å². The number of fused-ring (bicyclic) bond motifs is 1. The van der Waals surface area contributed by atoms with E-state index in [9.17, 15) is 30.6 Å². The first kappa shape index (κ1) is 36.1. The first-order valence-electron chi connectivity index (χ1n) is 18.1. The van der Waals surface area contributed by atoms with E-state index in [1.54, 1.807) is 12.1 Å². The Labute approximate surface area is 280 Å². The average molecular weight is 658 g/mol. The lowest BCUT2D eigenvalue weighted by atomic mass is 9.56. The van der Waals surface area contributed by atoms with Crippen molar-refractivity contribution in [2.75, 3.05) is 0 Å². The van der Waals surface area contributed by atoms with Gasteiger partial charge in [0.1, 0.15) is 23.5 Å². The van der Waals surface area contributed by atoms with Gasteiger partial charge in [0.2, 0.25) is 0 Å². The minimum atomic E-state index is -1.28. The summed E-state index contributed by atoms with van der Waals surface area (Å²) in [5, 5.41) is 65.7. The van der Waals surface area contributed by atoms with Crippen LogP contribution in [-0.4, -0.2) is 61.1 Å². The van der Waals surface area contributed by atoms with E-state index >= 15 is 0 Å². The van der Waals surface area contributed by atoms with Crippen LogP contribution in [0.5, 0.6) is 11.5 Å². The van der Waals surface area contributed by atoms with Gasteiger partial charge in [-0.3, -0.25) is 5.32 Å². The van der Waals surface area contributed by atoms with Gasteiger partial charge in [0, 0.05) is 24.0 Å². The van der Waals surface area contributed by atoms with Gasteiger partial charge in [-0.25, -0.2) is 0 Å². The van der Waals surface area contributed by atoms with E-state index in [1.165, 1.54) is 11.6 Å². The second-order valence-corrected chi connectivity index (χ2v) is 15.2. The van der Waals surface area contributed by atoms with Crippen molar-refractivity contribution in [1.82, 2.24) is 5.32 Å². The van der Waals surface area contributed by atoms with Gasteiger partial charge in [-0.15, -0.1) is 0 Å². The molecule has 5 unspecified atom stereocenters. The predicted octanol–water partition coefficient (Wildman–Crippen LogP) is 6.42. The summed E-state index contributed by atoms with van der Waals surface area (Å²) < 4.78 is 14.0. The molecule has 1 aromatic carbocycles. The van der Waals surface area contributed by atoms with Crippen molar-refractivity contribution < 1.29 is 40.1 Å². The van der Waals surface area contributed by atoms with E-state index in [4.69, 9.17) is 9.47 Å². The first-order chi connectivity index (χ1) is 22.3. The molecule has 6 rings (SSSR count). The largest absolute Gasteiger partial charge is 0.508 e. The van der Waals surface area contributed by atoms with Crippen LogP contribution in [0.4, 0.5) is 0 Å². The second kappa shape index (κ2) is 14.4. The maximum absolute atomic E-state index is 11.0. The highest BCUT2D eigenvalue weighted by Gasteiger charge is 2.53. The van der Waals surface area contributed by atoms with Gasteiger partial charge < -0.3 is 40.1 Å². The van der Waals surface area contributed by atoms with E-state index in [2.05, 4.69) is 46.0 Å². The quantitative estimate of drug-likeness (QED) is 0.178. The number of rotatable bonds is 5. The molecule has 2 aliphatic carbocycles. The molecule has 1 saturated carbocycles. The fourth-order valence-electron chi connectivity index (χ4n) is 9.69. The molecule has 14 atom stereocenters. The number of hydrogen-bond acceptors (Lipinski definition) is 9. The molecule has 9 nitrogen and oxygen atoms in total. The molecular formula is C38H59NO8. The summed E-state index contributed by atoms with van der Waals surface area (Å²) in [6.45, 7) is 14.9. The fourth-order valence-corrected chi connectivity index (χ4v) is 9.69. The maximum Gasteiger partial charge on any atom is 0.172 e. The summed E-state index contributed by atoms with van der Waals surface area (Å²) in [5.74, 6) is 0.248. The van der Waals surface area contributed by atoms with Gasteiger partial charge in [-0.2, -0.15) is 0 Å². The molecule has 1 spiro atoms. The smallest absolute Gasteiger partial charge is 0.172 e. The zero-order valence-corrected chi connectivity index (χ0v) is 29.3. The minimum absolute atomic E-state index is 0.00625. The Morgan fingerprint density at radius 2 is 1.55 bits per heavy atom. The molecule has 9 heteroatoms. The molecular weight excluding hydrogens is 598 g/mol. The van der Waals surface area contributed by atoms with Crippen molar-refractivity contribution in [3.63, 3.8) is 0 Å². The molecule has 0 radical (unpaired) electrons. The Balaban J connectivity index is 0.00000213. The van der Waals surface area contributed by atoms with Crippen molar-refractivity contribution in [3.05, 3.63) is 46.7 Å². The average Bonchev–Trinajstić information content (AvgIpc) is 3.26. The Morgan fingerprint density at radius 1 is 0.872 bits per heavy atom. The van der Waals surface area contributed by atoms with Crippen molar-refractivity contribution in [3.8, 4) is 11.5 Å². The third-order valence-corrected chi connectivity index (χ3v) is 12.3. The van der Waals surface area contributed by atoms with Gasteiger partial charge in [-0.05, 0) is 105 Å². The van der Waals surface area contributed by atoms with E-state index in [0.717, 1.165) is 44.1 Å². The summed E-state index contributed by atoms with van der Waals surface area (Å²) in [6, 6.07) is 4.66. The van der Waals surface area contributed by atoms with Crippen LogP contribution in [0.1, 0.15) is 105 Å². The molecule has 3 heterocycles. The molecule has 1 aromatic rings. The van der Waals surface area contributed by atoms with E-state index < -0.39 is 24.3 Å². The summed E-state index contributed by atoms with van der Waals surface area (Å²) >= 11 is 0. The van der Waals surface area contributed by atoms with Crippen molar-refractivity contribution in [1.29, 1.82) is 0 Å². The van der Waals surface area contributed by atoms with Gasteiger partial charge in [-0.1, -0.05) is 53.2 Å². The standard InChI is InChI=1S/C36H53NO8.C2H6/c1-17-8-9-36(45-33(17)23-12-24(38)14-25(39)13-23)20(4)10-19(3)30(44-36)16-26-18(2)11-22-6-7-29(40)21(5)31(22)27(26)15-28-32(41)35(43)37-34(28)42;1-2/h11-14,17,19-22,26-27,29-31,33-35,37-43H,6-10,15-16H2,1-5H3;1-2H3/t17-,19-,20-,21-,22?,26+,27-,29+,30?,31?,33-,34?,35?,36+;/m0./s1. The van der Waals surface area contributed by atoms with Gasteiger partial charge in [0.05, 0.1) is 18.3 Å². The lowest BCUT2D eigenvalue weighted by Gasteiger charge is -2.54. The van der Waals surface area contributed by atoms with Gasteiger partial charge in [0.15, 0.2) is 12.0 Å². The predicted molar refractivity (Wildman–Crippen MR) is 180 cm³/mol. The second-order valence-electron chi connectivity index (χ2n) is 15.2. The van der Waals surface area contributed by atoms with E-state index in [-0.39, 0.29) is 70.9 Å². The van der Waals surface area contributed by atoms with Crippen LogP contribution in [0.3, 0.4) is 0 Å². The van der Waals surface area contributed by atoms with Crippen LogP contribution in [-0.2, 0) is 9.47 Å². The monoisotopic (exact) mass is 657 g/mol. The summed E-state index contributed by atoms with van der Waals surface area (Å²) in [5.41, 5.74) is 2.45. The van der Waals surface area contributed by atoms with E-state index in [1.807, 2.05) is 13.8 Å². The van der Waals surface area contributed by atoms with Crippen LogP contribution in [0, 0.1) is 47.3 Å². The molecule has 3 fully saturated rings. The Bertz CT molecular complexity index is 1290. The molecule has 47 heavy (non-hydrogen) atoms. The minimum Gasteiger partial charge on any atom is -0.508 e. The normalized spacial score (nSPS) is 43.6. The molecule has 0 bridgehead atoms. The number of phenolic OH excluding ortho intramolecular Hbond substituents is 2. The highest BCUT2D eigenvalue weighted by molar-refractivity contribution is 5.38. The van der Waals surface area contributed by atoms with Gasteiger partial charge in [0.25, 0.3) is 0 Å². The van der Waals surface area contributed by atoms with Crippen molar-refractivity contribution in [2.24, 2.45) is 47.3 Å². The number of aliphatic hydroxyl groups is 4. The molecule has 0 aromatic heterocycles. The van der Waals surface area contributed by atoms with Gasteiger partial charge >= 0.3 is 0 Å². The van der Waals surface area contributed by atoms with Crippen LogP contribution >= 0.6 is 0 Å².